The van der Waals surface area contributed by atoms with Gasteiger partial charge in [0, 0.05) is 18.5 Å². The molecule has 0 aliphatic rings. The van der Waals surface area contributed by atoms with Crippen molar-refractivity contribution >= 4 is 11.7 Å². The summed E-state index contributed by atoms with van der Waals surface area (Å²) in [6.07, 6.45) is 4.42. The number of benzene rings is 1. The van der Waals surface area contributed by atoms with Crippen molar-refractivity contribution in [3.05, 3.63) is 54.1 Å². The highest BCUT2D eigenvalue weighted by molar-refractivity contribution is 5.90. The zero-order valence-corrected chi connectivity index (χ0v) is 14.9. The molecular formula is C17H15FN8O2. The lowest BCUT2D eigenvalue weighted by Crippen LogP contribution is -2.33. The molecule has 1 aromatic carbocycles. The Morgan fingerprint density at radius 2 is 2.07 bits per heavy atom. The van der Waals surface area contributed by atoms with Crippen molar-refractivity contribution in [3.63, 3.8) is 0 Å². The molecule has 0 aliphatic carbocycles. The highest BCUT2D eigenvalue weighted by atomic mass is 19.1. The van der Waals surface area contributed by atoms with Crippen molar-refractivity contribution in [3.8, 4) is 17.8 Å². The smallest absolute Gasteiger partial charge is 0.319 e. The lowest BCUT2D eigenvalue weighted by molar-refractivity contribution is 0.248. The van der Waals surface area contributed by atoms with E-state index in [4.69, 9.17) is 10.00 Å². The Bertz CT molecular complexity index is 1030. The van der Waals surface area contributed by atoms with Crippen LogP contribution in [-0.2, 0) is 0 Å². The van der Waals surface area contributed by atoms with Crippen LogP contribution in [0.1, 0.15) is 24.4 Å². The summed E-state index contributed by atoms with van der Waals surface area (Å²) in [6.45, 7) is 1.68. The molecule has 28 heavy (non-hydrogen) atoms. The summed E-state index contributed by atoms with van der Waals surface area (Å²) < 4.78 is 20.5. The van der Waals surface area contributed by atoms with Gasteiger partial charge >= 0.3 is 6.03 Å². The van der Waals surface area contributed by atoms with Gasteiger partial charge in [-0.25, -0.2) is 24.1 Å². The van der Waals surface area contributed by atoms with E-state index in [1.54, 1.807) is 25.4 Å². The maximum Gasteiger partial charge on any atom is 0.319 e. The fourth-order valence-corrected chi connectivity index (χ4v) is 2.43. The SMILES string of the molecule is COc1cc(NC(=O)NC(C)c2ncnn2-c2ncccn2)c(F)cc1C#N. The monoisotopic (exact) mass is 382 g/mol. The van der Waals surface area contributed by atoms with E-state index in [1.807, 2.05) is 6.07 Å². The molecular weight excluding hydrogens is 367 g/mol. The summed E-state index contributed by atoms with van der Waals surface area (Å²) in [6, 6.07) is 4.43. The first-order valence-corrected chi connectivity index (χ1v) is 8.06. The standard InChI is InChI=1S/C17H15FN8O2/c1-10(15-22-9-23-26(15)16-20-4-3-5-21-16)24-17(27)25-13-7-14(28-2)11(8-19)6-12(13)18/h3-7,9-10H,1-2H3,(H2,24,25,27). The van der Waals surface area contributed by atoms with Crippen LogP contribution < -0.4 is 15.4 Å². The third kappa shape index (κ3) is 3.85. The summed E-state index contributed by atoms with van der Waals surface area (Å²) in [5, 5.41) is 18.0. The van der Waals surface area contributed by atoms with Crippen LogP contribution in [0.3, 0.4) is 0 Å². The minimum atomic E-state index is -0.763. The number of aromatic nitrogens is 5. The van der Waals surface area contributed by atoms with Crippen molar-refractivity contribution < 1.29 is 13.9 Å². The Labute approximate surface area is 159 Å². The number of amides is 2. The summed E-state index contributed by atoms with van der Waals surface area (Å²) in [4.78, 5) is 24.6. The number of hydrogen-bond acceptors (Lipinski definition) is 7. The maximum absolute atomic E-state index is 14.1. The summed E-state index contributed by atoms with van der Waals surface area (Å²) >= 11 is 0. The number of nitrogens with zero attached hydrogens (tertiary/aromatic N) is 6. The lowest BCUT2D eigenvalue weighted by atomic mass is 10.2. The van der Waals surface area contributed by atoms with Gasteiger partial charge in [0.15, 0.2) is 5.82 Å². The molecule has 1 atom stereocenters. The highest BCUT2D eigenvalue weighted by Gasteiger charge is 2.19. The third-order valence-corrected chi connectivity index (χ3v) is 3.71. The number of methoxy groups -OCH3 is 1. The topological polar surface area (TPSA) is 131 Å². The first-order chi connectivity index (χ1) is 13.5. The predicted molar refractivity (Wildman–Crippen MR) is 95.2 cm³/mol. The van der Waals surface area contributed by atoms with Crippen LogP contribution in [0.4, 0.5) is 14.9 Å². The molecule has 10 nitrogen and oxygen atoms in total. The minimum Gasteiger partial charge on any atom is -0.495 e. The molecule has 2 aromatic heterocycles. The number of anilines is 1. The average Bonchev–Trinajstić information content (AvgIpc) is 3.20. The van der Waals surface area contributed by atoms with Gasteiger partial charge in [-0.15, -0.1) is 0 Å². The van der Waals surface area contributed by atoms with Crippen LogP contribution in [0.2, 0.25) is 0 Å². The zero-order valence-electron chi connectivity index (χ0n) is 14.9. The molecule has 3 aromatic rings. The Hall–Kier alpha value is -4.07. The van der Waals surface area contributed by atoms with Crippen LogP contribution in [0.5, 0.6) is 5.75 Å². The molecule has 0 aliphatic heterocycles. The Morgan fingerprint density at radius 1 is 1.32 bits per heavy atom. The van der Waals surface area contributed by atoms with Gasteiger partial charge in [-0.05, 0) is 19.1 Å². The van der Waals surface area contributed by atoms with Gasteiger partial charge in [-0.2, -0.15) is 15.0 Å². The average molecular weight is 382 g/mol. The Kier molecular flexibility index (Phi) is 5.40. The number of halogens is 1. The van der Waals surface area contributed by atoms with E-state index in [1.165, 1.54) is 24.2 Å². The van der Waals surface area contributed by atoms with Crippen molar-refractivity contribution in [1.29, 1.82) is 5.26 Å². The van der Waals surface area contributed by atoms with E-state index in [-0.39, 0.29) is 17.0 Å². The van der Waals surface area contributed by atoms with E-state index in [2.05, 4.69) is 30.7 Å². The van der Waals surface area contributed by atoms with E-state index in [0.717, 1.165) is 6.07 Å². The number of nitrogens with one attached hydrogen (secondary N) is 2. The molecule has 0 fully saturated rings. The number of nitriles is 1. The second kappa shape index (κ2) is 8.09. The normalized spacial score (nSPS) is 11.4. The molecule has 11 heteroatoms. The van der Waals surface area contributed by atoms with E-state index in [0.29, 0.717) is 11.8 Å². The van der Waals surface area contributed by atoms with Gasteiger partial charge in [-0.1, -0.05) is 0 Å². The van der Waals surface area contributed by atoms with Crippen LogP contribution >= 0.6 is 0 Å². The number of urea groups is 1. The van der Waals surface area contributed by atoms with E-state index < -0.39 is 17.9 Å². The molecule has 1 unspecified atom stereocenters. The summed E-state index contributed by atoms with van der Waals surface area (Å²) in [5.41, 5.74) is -0.108. The van der Waals surface area contributed by atoms with Gasteiger partial charge in [0.2, 0.25) is 0 Å². The molecule has 0 spiro atoms. The molecule has 0 saturated carbocycles. The number of ether oxygens (including phenoxy) is 1. The largest absolute Gasteiger partial charge is 0.495 e. The molecule has 2 N–H and O–H groups in total. The van der Waals surface area contributed by atoms with Gasteiger partial charge in [0.1, 0.15) is 24.0 Å². The summed E-state index contributed by atoms with van der Waals surface area (Å²) in [5.74, 6) is 0.0698. The number of hydrogen-bond donors (Lipinski definition) is 2. The van der Waals surface area contributed by atoms with Crippen LogP contribution in [-0.4, -0.2) is 37.9 Å². The first-order valence-electron chi connectivity index (χ1n) is 8.06. The van der Waals surface area contributed by atoms with Crippen LogP contribution in [0, 0.1) is 17.1 Å². The van der Waals surface area contributed by atoms with Gasteiger partial charge in [-0.3, -0.25) is 0 Å². The van der Waals surface area contributed by atoms with Crippen LogP contribution in [0.15, 0.2) is 36.9 Å². The molecule has 2 heterocycles. The molecule has 2 amide bonds. The number of rotatable bonds is 5. The number of carbonyl (C=O) groups is 1. The molecule has 142 valence electrons. The lowest BCUT2D eigenvalue weighted by Gasteiger charge is -2.15. The highest BCUT2D eigenvalue weighted by Crippen LogP contribution is 2.26. The Balaban J connectivity index is 1.75. The first kappa shape index (κ1) is 18.7. The van der Waals surface area contributed by atoms with Crippen molar-refractivity contribution in [2.45, 2.75) is 13.0 Å². The van der Waals surface area contributed by atoms with Crippen LogP contribution in [0.25, 0.3) is 5.95 Å². The van der Waals surface area contributed by atoms with E-state index in [9.17, 15) is 9.18 Å². The quantitative estimate of drug-likeness (QED) is 0.689. The molecule has 3 rings (SSSR count). The van der Waals surface area contributed by atoms with Gasteiger partial charge in [0.25, 0.3) is 5.95 Å². The number of carbonyl (C=O) groups excluding carboxylic acids is 1. The Morgan fingerprint density at radius 3 is 2.75 bits per heavy atom. The van der Waals surface area contributed by atoms with E-state index >= 15 is 0 Å². The van der Waals surface area contributed by atoms with Crippen molar-refractivity contribution in [2.24, 2.45) is 0 Å². The second-order valence-electron chi connectivity index (χ2n) is 5.54. The minimum absolute atomic E-state index is 0.0234. The summed E-state index contributed by atoms with van der Waals surface area (Å²) in [7, 11) is 1.35. The van der Waals surface area contributed by atoms with Gasteiger partial charge < -0.3 is 15.4 Å². The fourth-order valence-electron chi connectivity index (χ4n) is 2.43. The van der Waals surface area contributed by atoms with Crippen molar-refractivity contribution in [2.75, 3.05) is 12.4 Å². The second-order valence-corrected chi connectivity index (χ2v) is 5.54. The predicted octanol–water partition coefficient (Wildman–Crippen LogP) is 1.96. The maximum atomic E-state index is 14.1. The van der Waals surface area contributed by atoms with Crippen molar-refractivity contribution in [1.82, 2.24) is 30.0 Å². The third-order valence-electron chi connectivity index (χ3n) is 3.71. The molecule has 0 bridgehead atoms. The zero-order chi connectivity index (χ0) is 20.1. The molecule has 0 saturated heterocycles. The molecule has 0 radical (unpaired) electrons. The fraction of sp³-hybridized carbons (Fsp3) is 0.176. The van der Waals surface area contributed by atoms with Gasteiger partial charge in [0.05, 0.1) is 24.4 Å².